The molecule has 0 unspecified atom stereocenters. The first kappa shape index (κ1) is 13.6. The number of hydrogen-bond acceptors (Lipinski definition) is 1. The number of H-pyrrole nitrogens is 1. The zero-order chi connectivity index (χ0) is 11.7. The highest BCUT2D eigenvalue weighted by molar-refractivity contribution is 5.85. The number of ether oxygens (including phenoxy) is 1. The van der Waals surface area contributed by atoms with Gasteiger partial charge in [-0.2, -0.15) is 0 Å². The van der Waals surface area contributed by atoms with E-state index >= 15 is 0 Å². The molecule has 0 saturated carbocycles. The third-order valence-corrected chi connectivity index (χ3v) is 1.77. The predicted molar refractivity (Wildman–Crippen MR) is 67.5 cm³/mol. The molecule has 1 heterocycles. The molecular weight excluding hydrogens is 186 g/mol. The van der Waals surface area contributed by atoms with Gasteiger partial charge < -0.3 is 9.72 Å². The Kier molecular flexibility index (Phi) is 7.16. The van der Waals surface area contributed by atoms with Crippen molar-refractivity contribution in [2.75, 3.05) is 7.11 Å². The van der Waals surface area contributed by atoms with Crippen LogP contribution in [0.2, 0.25) is 0 Å². The minimum Gasteiger partial charge on any atom is -0.495 e. The molecule has 0 aliphatic rings. The first-order chi connectivity index (χ1) is 7.42. The molecule has 2 rings (SSSR count). The van der Waals surface area contributed by atoms with E-state index in [0.717, 1.165) is 16.7 Å². The molecule has 2 aromatic rings. The van der Waals surface area contributed by atoms with Crippen molar-refractivity contribution in [2.45, 2.75) is 27.7 Å². The van der Waals surface area contributed by atoms with Gasteiger partial charge in [-0.1, -0.05) is 39.8 Å². The molecule has 1 N–H and O–H groups in total. The molecule has 0 amide bonds. The number of fused-ring (bicyclic) bond motifs is 1. The van der Waals surface area contributed by atoms with Crippen molar-refractivity contribution in [1.82, 2.24) is 4.98 Å². The van der Waals surface area contributed by atoms with Gasteiger partial charge in [-0.25, -0.2) is 0 Å². The first-order valence-electron chi connectivity index (χ1n) is 5.52. The number of hydrogen-bond donors (Lipinski definition) is 1. The van der Waals surface area contributed by atoms with Gasteiger partial charge in [0, 0.05) is 17.1 Å². The highest BCUT2D eigenvalue weighted by atomic mass is 16.5. The molecule has 1 aromatic carbocycles. The van der Waals surface area contributed by atoms with E-state index in [2.05, 4.69) is 4.98 Å². The van der Waals surface area contributed by atoms with E-state index in [4.69, 9.17) is 4.74 Å². The number of para-hydroxylation sites is 1. The number of benzene rings is 1. The highest BCUT2D eigenvalue weighted by Crippen LogP contribution is 2.23. The maximum absolute atomic E-state index is 5.14. The van der Waals surface area contributed by atoms with Gasteiger partial charge in [0.1, 0.15) is 5.75 Å². The van der Waals surface area contributed by atoms with Gasteiger partial charge in [-0.05, 0) is 12.1 Å². The first-order valence-corrected chi connectivity index (χ1v) is 5.52. The molecule has 2 nitrogen and oxygen atoms in total. The summed E-state index contributed by atoms with van der Waals surface area (Å²) in [4.78, 5) is 3.11. The maximum atomic E-state index is 5.14. The number of aromatic nitrogens is 1. The van der Waals surface area contributed by atoms with Crippen LogP contribution in [-0.2, 0) is 0 Å². The number of methoxy groups -OCH3 is 1. The fraction of sp³-hybridized carbons (Fsp3) is 0.385. The summed E-state index contributed by atoms with van der Waals surface area (Å²) in [6.45, 7) is 8.00. The molecule has 0 spiro atoms. The van der Waals surface area contributed by atoms with Crippen LogP contribution in [0.25, 0.3) is 10.9 Å². The largest absolute Gasteiger partial charge is 0.495 e. The van der Waals surface area contributed by atoms with Crippen molar-refractivity contribution < 1.29 is 4.74 Å². The molecule has 0 saturated heterocycles. The lowest BCUT2D eigenvalue weighted by atomic mass is 10.2. The molecular formula is C13H21NO. The van der Waals surface area contributed by atoms with E-state index in [9.17, 15) is 0 Å². The van der Waals surface area contributed by atoms with Gasteiger partial charge in [0.2, 0.25) is 0 Å². The third-order valence-electron chi connectivity index (χ3n) is 1.77. The van der Waals surface area contributed by atoms with Crippen LogP contribution < -0.4 is 4.74 Å². The second kappa shape index (κ2) is 7.92. The van der Waals surface area contributed by atoms with Gasteiger partial charge in [-0.3, -0.25) is 0 Å². The lowest BCUT2D eigenvalue weighted by Gasteiger charge is -1.93. The SMILES string of the molecule is CC.CC.COc1c[nH]c2ccccc12. The minimum absolute atomic E-state index is 0.903. The zero-order valence-corrected chi connectivity index (χ0v) is 10.3. The standard InChI is InChI=1S/C9H9NO.2C2H6/c1-11-9-6-10-8-5-3-2-4-7(8)9;2*1-2/h2-6,10H,1H3;2*1-2H3. The molecule has 0 radical (unpaired) electrons. The molecule has 0 atom stereocenters. The lowest BCUT2D eigenvalue weighted by Crippen LogP contribution is -1.77. The van der Waals surface area contributed by atoms with E-state index in [1.165, 1.54) is 0 Å². The maximum Gasteiger partial charge on any atom is 0.144 e. The zero-order valence-electron chi connectivity index (χ0n) is 10.3. The van der Waals surface area contributed by atoms with Gasteiger partial charge in [0.25, 0.3) is 0 Å². The highest BCUT2D eigenvalue weighted by Gasteiger charge is 1.99. The van der Waals surface area contributed by atoms with Crippen molar-refractivity contribution in [1.29, 1.82) is 0 Å². The van der Waals surface area contributed by atoms with Crippen molar-refractivity contribution in [3.05, 3.63) is 30.5 Å². The fourth-order valence-corrected chi connectivity index (χ4v) is 1.21. The topological polar surface area (TPSA) is 25.0 Å². The predicted octanol–water partition coefficient (Wildman–Crippen LogP) is 4.23. The molecule has 0 bridgehead atoms. The quantitative estimate of drug-likeness (QED) is 0.743. The Labute approximate surface area is 92.3 Å². The molecule has 0 aliphatic carbocycles. The summed E-state index contributed by atoms with van der Waals surface area (Å²) in [5.41, 5.74) is 1.12. The molecule has 1 aromatic heterocycles. The van der Waals surface area contributed by atoms with Crippen LogP contribution in [-0.4, -0.2) is 12.1 Å². The van der Waals surface area contributed by atoms with Crippen LogP contribution in [0.15, 0.2) is 30.5 Å². The van der Waals surface area contributed by atoms with E-state index < -0.39 is 0 Å². The second-order valence-electron chi connectivity index (χ2n) is 2.40. The van der Waals surface area contributed by atoms with Crippen molar-refractivity contribution in [3.8, 4) is 5.75 Å². The van der Waals surface area contributed by atoms with E-state index in [1.54, 1.807) is 7.11 Å². The van der Waals surface area contributed by atoms with Crippen LogP contribution in [0, 0.1) is 0 Å². The Morgan fingerprint density at radius 3 is 2.20 bits per heavy atom. The van der Waals surface area contributed by atoms with Crippen LogP contribution >= 0.6 is 0 Å². The average molecular weight is 207 g/mol. The Morgan fingerprint density at radius 1 is 1.00 bits per heavy atom. The third kappa shape index (κ3) is 3.31. The summed E-state index contributed by atoms with van der Waals surface area (Å²) in [6, 6.07) is 8.06. The van der Waals surface area contributed by atoms with E-state index in [-0.39, 0.29) is 0 Å². The number of rotatable bonds is 1. The minimum atomic E-state index is 0.903. The smallest absolute Gasteiger partial charge is 0.144 e. The Morgan fingerprint density at radius 2 is 1.60 bits per heavy atom. The molecule has 84 valence electrons. The summed E-state index contributed by atoms with van der Waals surface area (Å²) >= 11 is 0. The van der Waals surface area contributed by atoms with Crippen LogP contribution in [0.3, 0.4) is 0 Å². The Bertz CT molecular complexity index is 365. The molecule has 0 fully saturated rings. The van der Waals surface area contributed by atoms with Crippen LogP contribution in [0.1, 0.15) is 27.7 Å². The molecule has 0 aliphatic heterocycles. The van der Waals surface area contributed by atoms with Gasteiger partial charge in [0.05, 0.1) is 7.11 Å². The normalized spacial score (nSPS) is 8.33. The van der Waals surface area contributed by atoms with E-state index in [0.29, 0.717) is 0 Å². The molecule has 15 heavy (non-hydrogen) atoms. The summed E-state index contributed by atoms with van der Waals surface area (Å²) < 4.78 is 5.14. The summed E-state index contributed by atoms with van der Waals surface area (Å²) in [7, 11) is 1.68. The monoisotopic (exact) mass is 207 g/mol. The van der Waals surface area contributed by atoms with Crippen molar-refractivity contribution in [2.24, 2.45) is 0 Å². The van der Waals surface area contributed by atoms with Gasteiger partial charge in [0.15, 0.2) is 0 Å². The number of aromatic amines is 1. The van der Waals surface area contributed by atoms with Crippen molar-refractivity contribution in [3.63, 3.8) is 0 Å². The molecule has 2 heteroatoms. The fourth-order valence-electron chi connectivity index (χ4n) is 1.21. The van der Waals surface area contributed by atoms with Crippen LogP contribution in [0.4, 0.5) is 0 Å². The van der Waals surface area contributed by atoms with Gasteiger partial charge in [-0.15, -0.1) is 0 Å². The summed E-state index contributed by atoms with van der Waals surface area (Å²) in [5, 5.41) is 1.13. The Balaban J connectivity index is 0.000000442. The van der Waals surface area contributed by atoms with Gasteiger partial charge >= 0.3 is 0 Å². The Hall–Kier alpha value is -1.44. The summed E-state index contributed by atoms with van der Waals surface area (Å²) in [6.07, 6.45) is 1.87. The lowest BCUT2D eigenvalue weighted by molar-refractivity contribution is 0.419. The summed E-state index contributed by atoms with van der Waals surface area (Å²) in [5.74, 6) is 0.903. The average Bonchev–Trinajstić information content (AvgIpc) is 2.77. The van der Waals surface area contributed by atoms with Crippen LogP contribution in [0.5, 0.6) is 5.75 Å². The number of nitrogens with one attached hydrogen (secondary N) is 1. The van der Waals surface area contributed by atoms with E-state index in [1.807, 2.05) is 58.2 Å². The van der Waals surface area contributed by atoms with Crippen molar-refractivity contribution >= 4 is 10.9 Å². The second-order valence-corrected chi connectivity index (χ2v) is 2.40.